The van der Waals surface area contributed by atoms with E-state index in [-0.39, 0.29) is 0 Å². The summed E-state index contributed by atoms with van der Waals surface area (Å²) in [6, 6.07) is 7.01. The Labute approximate surface area is 102 Å². The van der Waals surface area contributed by atoms with Crippen LogP contribution in [-0.2, 0) is 9.63 Å². The molecule has 86 valence electrons. The molecule has 1 rings (SSSR count). The largest absolute Gasteiger partial charge is 0.366 e. The first-order valence-corrected chi connectivity index (χ1v) is 5.05. The summed E-state index contributed by atoms with van der Waals surface area (Å²) in [7, 11) is 0. The number of nitrogens with two attached hydrogens (primary N) is 1. The summed E-state index contributed by atoms with van der Waals surface area (Å²) >= 11 is 11.3. The Morgan fingerprint density at radius 3 is 2.88 bits per heavy atom. The van der Waals surface area contributed by atoms with Gasteiger partial charge in [-0.05, 0) is 6.07 Å². The maximum Gasteiger partial charge on any atom is 0.293 e. The molecule has 5 nitrogen and oxygen atoms in total. The molecule has 0 heterocycles. The minimum Gasteiger partial charge on any atom is -0.366 e. The van der Waals surface area contributed by atoms with Gasteiger partial charge in [0.05, 0.1) is 6.21 Å². The zero-order valence-electron chi connectivity index (χ0n) is 8.06. The van der Waals surface area contributed by atoms with Crippen molar-refractivity contribution in [1.82, 2.24) is 5.43 Å². The van der Waals surface area contributed by atoms with Crippen molar-refractivity contribution in [2.45, 2.75) is 5.56 Å². The van der Waals surface area contributed by atoms with E-state index in [1.807, 2.05) is 5.43 Å². The Balaban J connectivity index is 2.55. The summed E-state index contributed by atoms with van der Waals surface area (Å²) in [5.74, 6) is 4.16. The van der Waals surface area contributed by atoms with E-state index in [2.05, 4.69) is 9.99 Å². The highest BCUT2D eigenvalue weighted by atomic mass is 35.5. The van der Waals surface area contributed by atoms with Gasteiger partial charge in [-0.15, -0.1) is 0 Å². The molecule has 0 aliphatic heterocycles. The molecule has 1 amide bonds. The summed E-state index contributed by atoms with van der Waals surface area (Å²) < 4.78 is 0. The number of nitrogens with zero attached hydrogens (tertiary/aromatic N) is 1. The highest BCUT2D eigenvalue weighted by Crippen LogP contribution is 2.12. The fourth-order valence-corrected chi connectivity index (χ4v) is 1.13. The number of hydrazine groups is 1. The van der Waals surface area contributed by atoms with Crippen molar-refractivity contribution in [3.05, 3.63) is 34.9 Å². The van der Waals surface area contributed by atoms with E-state index in [9.17, 15) is 4.79 Å². The van der Waals surface area contributed by atoms with Crippen LogP contribution in [0.15, 0.2) is 29.4 Å². The van der Waals surface area contributed by atoms with Gasteiger partial charge in [0.2, 0.25) is 0 Å². The molecule has 16 heavy (non-hydrogen) atoms. The molecule has 0 saturated heterocycles. The summed E-state index contributed by atoms with van der Waals surface area (Å²) in [4.78, 5) is 15.5. The number of nitrogens with one attached hydrogen (secondary N) is 1. The van der Waals surface area contributed by atoms with E-state index in [4.69, 9.17) is 29.0 Å². The molecule has 1 unspecified atom stereocenters. The first kappa shape index (κ1) is 12.8. The number of hydrogen-bond donors (Lipinski definition) is 2. The molecule has 0 aliphatic rings. The van der Waals surface area contributed by atoms with E-state index in [0.29, 0.717) is 10.6 Å². The second-order valence-electron chi connectivity index (χ2n) is 2.69. The lowest BCUT2D eigenvalue weighted by molar-refractivity contribution is -0.128. The topological polar surface area (TPSA) is 76.7 Å². The number of halogens is 2. The Morgan fingerprint density at radius 2 is 2.25 bits per heavy atom. The highest BCUT2D eigenvalue weighted by molar-refractivity contribution is 6.33. The molecule has 0 bridgehead atoms. The van der Waals surface area contributed by atoms with Gasteiger partial charge in [-0.25, -0.2) is 5.84 Å². The summed E-state index contributed by atoms with van der Waals surface area (Å²) in [5, 5.41) is 4.03. The lowest BCUT2D eigenvalue weighted by Crippen LogP contribution is -2.37. The van der Waals surface area contributed by atoms with Crippen molar-refractivity contribution < 1.29 is 9.63 Å². The number of oxime groups is 1. The number of hydrogen-bond acceptors (Lipinski definition) is 4. The molecule has 1 aromatic carbocycles. The van der Waals surface area contributed by atoms with Crippen molar-refractivity contribution in [3.63, 3.8) is 0 Å². The Bertz CT molecular complexity index is 398. The van der Waals surface area contributed by atoms with Crippen molar-refractivity contribution in [2.75, 3.05) is 0 Å². The first-order chi connectivity index (χ1) is 7.65. The Hall–Kier alpha value is -1.30. The van der Waals surface area contributed by atoms with Gasteiger partial charge in [-0.3, -0.25) is 10.2 Å². The van der Waals surface area contributed by atoms with E-state index in [1.54, 1.807) is 24.3 Å². The van der Waals surface area contributed by atoms with Crippen molar-refractivity contribution in [1.29, 1.82) is 0 Å². The van der Waals surface area contributed by atoms with E-state index < -0.39 is 11.5 Å². The quantitative estimate of drug-likeness (QED) is 0.282. The van der Waals surface area contributed by atoms with Crippen LogP contribution in [0.1, 0.15) is 5.56 Å². The summed E-state index contributed by atoms with van der Waals surface area (Å²) in [6.07, 6.45) is 1.35. The molecule has 7 heteroatoms. The number of benzene rings is 1. The number of carbonyl (C=O) groups excluding carboxylic acids is 1. The lowest BCUT2D eigenvalue weighted by atomic mass is 10.2. The second kappa shape index (κ2) is 6.32. The molecule has 0 spiro atoms. The molecular weight excluding hydrogens is 253 g/mol. The Morgan fingerprint density at radius 1 is 1.56 bits per heavy atom. The average molecular weight is 262 g/mol. The standard InChI is InChI=1S/C9H9Cl2N3O2/c10-7-4-2-1-3-6(7)5-13-16-8(11)9(15)14-12/h1-5,8H,12H2,(H,14,15). The normalized spacial score (nSPS) is 12.4. The third-order valence-electron chi connectivity index (χ3n) is 1.60. The fraction of sp³-hybridized carbons (Fsp3) is 0.111. The molecule has 3 N–H and O–H groups in total. The van der Waals surface area contributed by atoms with Crippen LogP contribution < -0.4 is 11.3 Å². The molecule has 0 saturated carbocycles. The number of carbonyl (C=O) groups is 1. The zero-order chi connectivity index (χ0) is 12.0. The molecule has 0 fully saturated rings. The van der Waals surface area contributed by atoms with Crippen LogP contribution in [-0.4, -0.2) is 17.7 Å². The van der Waals surface area contributed by atoms with Crippen LogP contribution in [0.2, 0.25) is 5.02 Å². The highest BCUT2D eigenvalue weighted by Gasteiger charge is 2.14. The minimum absolute atomic E-state index is 0.518. The van der Waals surface area contributed by atoms with Crippen LogP contribution in [0.25, 0.3) is 0 Å². The van der Waals surface area contributed by atoms with Gasteiger partial charge in [-0.1, -0.05) is 46.6 Å². The SMILES string of the molecule is NNC(=O)C(Cl)ON=Cc1ccccc1Cl. The lowest BCUT2D eigenvalue weighted by Gasteiger charge is -2.04. The summed E-state index contributed by atoms with van der Waals surface area (Å²) in [6.45, 7) is 0. The van der Waals surface area contributed by atoms with Crippen LogP contribution in [0.3, 0.4) is 0 Å². The maximum absolute atomic E-state index is 10.8. The van der Waals surface area contributed by atoms with Gasteiger partial charge >= 0.3 is 0 Å². The third kappa shape index (κ3) is 3.69. The van der Waals surface area contributed by atoms with Gasteiger partial charge in [-0.2, -0.15) is 0 Å². The summed E-state index contributed by atoms with van der Waals surface area (Å²) in [5.41, 5.74) is 1.21. The van der Waals surface area contributed by atoms with Gasteiger partial charge < -0.3 is 4.84 Å². The second-order valence-corrected chi connectivity index (χ2v) is 3.49. The first-order valence-electron chi connectivity index (χ1n) is 4.23. The van der Waals surface area contributed by atoms with Gasteiger partial charge in [0.25, 0.3) is 11.5 Å². The van der Waals surface area contributed by atoms with Crippen molar-refractivity contribution in [2.24, 2.45) is 11.0 Å². The van der Waals surface area contributed by atoms with E-state index in [1.165, 1.54) is 6.21 Å². The number of amides is 1. The molecule has 0 aromatic heterocycles. The molecule has 0 radical (unpaired) electrons. The van der Waals surface area contributed by atoms with Crippen LogP contribution in [0, 0.1) is 0 Å². The smallest absolute Gasteiger partial charge is 0.293 e. The van der Waals surface area contributed by atoms with E-state index in [0.717, 1.165) is 0 Å². The molecule has 0 aliphatic carbocycles. The minimum atomic E-state index is -1.27. The fourth-order valence-electron chi connectivity index (χ4n) is 0.834. The monoisotopic (exact) mass is 261 g/mol. The van der Waals surface area contributed by atoms with Crippen molar-refractivity contribution >= 4 is 35.3 Å². The van der Waals surface area contributed by atoms with Gasteiger partial charge in [0.15, 0.2) is 0 Å². The molecular formula is C9H9Cl2N3O2. The third-order valence-corrected chi connectivity index (χ3v) is 2.22. The van der Waals surface area contributed by atoms with Crippen molar-refractivity contribution in [3.8, 4) is 0 Å². The van der Waals surface area contributed by atoms with E-state index >= 15 is 0 Å². The van der Waals surface area contributed by atoms with Crippen LogP contribution in [0.5, 0.6) is 0 Å². The van der Waals surface area contributed by atoms with Crippen LogP contribution >= 0.6 is 23.2 Å². The van der Waals surface area contributed by atoms with Gasteiger partial charge in [0.1, 0.15) is 0 Å². The van der Waals surface area contributed by atoms with Gasteiger partial charge in [0, 0.05) is 10.6 Å². The average Bonchev–Trinajstić information content (AvgIpc) is 2.30. The predicted octanol–water partition coefficient (Wildman–Crippen LogP) is 1.25. The predicted molar refractivity (Wildman–Crippen MR) is 62.1 cm³/mol. The zero-order valence-corrected chi connectivity index (χ0v) is 9.57. The maximum atomic E-state index is 10.8. The Kier molecular flexibility index (Phi) is 5.04. The molecule has 1 atom stereocenters. The molecule has 1 aromatic rings. The van der Waals surface area contributed by atoms with Crippen LogP contribution in [0.4, 0.5) is 0 Å². The number of alkyl halides is 1. The number of rotatable bonds is 4.